The summed E-state index contributed by atoms with van der Waals surface area (Å²) in [5.74, 6) is -0.607. The standard InChI is InChI=1S/C21H25N3O3S/c1-15-9-10-17(28-15)13-23(12-11-16-7-5-4-6-8-16)18(25)14-24-19(26)21(2,3)22-20(24)27/h4-10H,11-14H2,1-3H3,(H,22,27). The smallest absolute Gasteiger partial charge is 0.325 e. The van der Waals surface area contributed by atoms with Gasteiger partial charge >= 0.3 is 6.03 Å². The molecule has 1 aromatic heterocycles. The van der Waals surface area contributed by atoms with Gasteiger partial charge in [-0.25, -0.2) is 4.79 Å². The van der Waals surface area contributed by atoms with Crippen LogP contribution in [-0.4, -0.2) is 46.3 Å². The van der Waals surface area contributed by atoms with E-state index in [0.29, 0.717) is 19.5 Å². The number of benzene rings is 1. The molecule has 3 rings (SSSR count). The van der Waals surface area contributed by atoms with Crippen molar-refractivity contribution in [2.45, 2.75) is 39.3 Å². The number of imide groups is 1. The molecule has 0 spiro atoms. The van der Waals surface area contributed by atoms with Gasteiger partial charge in [0.1, 0.15) is 12.1 Å². The number of rotatable bonds is 7. The lowest BCUT2D eigenvalue weighted by Crippen LogP contribution is -2.44. The molecule has 0 saturated carbocycles. The Balaban J connectivity index is 1.72. The molecule has 148 valence electrons. The van der Waals surface area contributed by atoms with Gasteiger partial charge in [-0.1, -0.05) is 30.3 Å². The van der Waals surface area contributed by atoms with E-state index in [0.717, 1.165) is 15.3 Å². The number of hydrogen-bond donors (Lipinski definition) is 1. The minimum absolute atomic E-state index is 0.233. The Bertz CT molecular complexity index is 876. The number of nitrogens with zero attached hydrogens (tertiary/aromatic N) is 2. The molecule has 1 fully saturated rings. The second-order valence-corrected chi connectivity index (χ2v) is 8.88. The first kappa shape index (κ1) is 20.1. The van der Waals surface area contributed by atoms with Crippen LogP contribution in [-0.2, 0) is 22.6 Å². The third-order valence-corrected chi connectivity index (χ3v) is 5.73. The lowest BCUT2D eigenvalue weighted by Gasteiger charge is -2.24. The van der Waals surface area contributed by atoms with Gasteiger partial charge in [-0.05, 0) is 44.9 Å². The van der Waals surface area contributed by atoms with Crippen molar-refractivity contribution in [1.82, 2.24) is 15.1 Å². The summed E-state index contributed by atoms with van der Waals surface area (Å²) in [5.41, 5.74) is 0.163. The number of thiophene rings is 1. The average Bonchev–Trinajstić information content (AvgIpc) is 3.14. The lowest BCUT2D eigenvalue weighted by atomic mass is 10.1. The first-order valence-electron chi connectivity index (χ1n) is 9.27. The minimum atomic E-state index is -0.975. The second-order valence-electron chi connectivity index (χ2n) is 7.51. The Labute approximate surface area is 169 Å². The van der Waals surface area contributed by atoms with Crippen LogP contribution in [0.3, 0.4) is 0 Å². The fourth-order valence-corrected chi connectivity index (χ4v) is 4.06. The van der Waals surface area contributed by atoms with Crippen LogP contribution in [0.5, 0.6) is 0 Å². The Morgan fingerprint density at radius 3 is 2.43 bits per heavy atom. The van der Waals surface area contributed by atoms with Gasteiger partial charge in [0.15, 0.2) is 0 Å². The summed E-state index contributed by atoms with van der Waals surface area (Å²) >= 11 is 1.65. The quantitative estimate of drug-likeness (QED) is 0.728. The van der Waals surface area contributed by atoms with Crippen LogP contribution in [0.25, 0.3) is 0 Å². The first-order valence-corrected chi connectivity index (χ1v) is 10.1. The number of urea groups is 1. The molecule has 2 heterocycles. The molecule has 0 radical (unpaired) electrons. The predicted molar refractivity (Wildman–Crippen MR) is 109 cm³/mol. The number of aryl methyl sites for hydroxylation is 1. The van der Waals surface area contributed by atoms with Crippen LogP contribution in [0.1, 0.15) is 29.2 Å². The van der Waals surface area contributed by atoms with E-state index in [1.54, 1.807) is 30.1 Å². The molecule has 4 amide bonds. The highest BCUT2D eigenvalue weighted by Gasteiger charge is 2.45. The van der Waals surface area contributed by atoms with Crippen molar-refractivity contribution in [3.63, 3.8) is 0 Å². The molecule has 6 nitrogen and oxygen atoms in total. The van der Waals surface area contributed by atoms with Crippen LogP contribution in [0.2, 0.25) is 0 Å². The van der Waals surface area contributed by atoms with Crippen molar-refractivity contribution >= 4 is 29.2 Å². The fourth-order valence-electron chi connectivity index (χ4n) is 3.16. The SMILES string of the molecule is Cc1ccc(CN(CCc2ccccc2)C(=O)CN2C(=O)NC(C)(C)C2=O)s1. The zero-order valence-corrected chi connectivity index (χ0v) is 17.2. The molecular weight excluding hydrogens is 374 g/mol. The van der Waals surface area contributed by atoms with E-state index in [1.807, 2.05) is 49.4 Å². The van der Waals surface area contributed by atoms with E-state index in [9.17, 15) is 14.4 Å². The molecule has 2 aromatic rings. The molecular formula is C21H25N3O3S. The van der Waals surface area contributed by atoms with Crippen molar-refractivity contribution < 1.29 is 14.4 Å². The van der Waals surface area contributed by atoms with Gasteiger partial charge < -0.3 is 10.2 Å². The maximum Gasteiger partial charge on any atom is 0.325 e. The summed E-state index contributed by atoms with van der Waals surface area (Å²) in [6, 6.07) is 13.5. The summed E-state index contributed by atoms with van der Waals surface area (Å²) < 4.78 is 0. The van der Waals surface area contributed by atoms with Crippen molar-refractivity contribution in [3.8, 4) is 0 Å². The second kappa shape index (κ2) is 8.14. The van der Waals surface area contributed by atoms with Gasteiger partial charge in [0, 0.05) is 16.3 Å². The van der Waals surface area contributed by atoms with E-state index in [-0.39, 0.29) is 18.4 Å². The first-order chi connectivity index (χ1) is 13.3. The summed E-state index contributed by atoms with van der Waals surface area (Å²) in [5, 5.41) is 2.62. The van der Waals surface area contributed by atoms with Crippen LogP contribution >= 0.6 is 11.3 Å². The summed E-state index contributed by atoms with van der Waals surface area (Å²) in [7, 11) is 0. The number of amides is 4. The third kappa shape index (κ3) is 4.59. The number of carbonyl (C=O) groups excluding carboxylic acids is 3. The summed E-state index contributed by atoms with van der Waals surface area (Å²) in [4.78, 5) is 42.5. The molecule has 1 saturated heterocycles. The molecule has 0 unspecified atom stereocenters. The van der Waals surface area contributed by atoms with Crippen LogP contribution in [0.4, 0.5) is 4.79 Å². The fraction of sp³-hybridized carbons (Fsp3) is 0.381. The topological polar surface area (TPSA) is 69.7 Å². The number of nitrogens with one attached hydrogen (secondary N) is 1. The number of carbonyl (C=O) groups is 3. The molecule has 1 aromatic carbocycles. The van der Waals surface area contributed by atoms with E-state index < -0.39 is 11.6 Å². The van der Waals surface area contributed by atoms with E-state index >= 15 is 0 Å². The maximum atomic E-state index is 13.0. The molecule has 7 heteroatoms. The summed E-state index contributed by atoms with van der Waals surface area (Å²) in [6.07, 6.45) is 0.711. The van der Waals surface area contributed by atoms with Gasteiger partial charge in [0.05, 0.1) is 6.54 Å². The van der Waals surface area contributed by atoms with Crippen molar-refractivity contribution in [1.29, 1.82) is 0 Å². The summed E-state index contributed by atoms with van der Waals surface area (Å²) in [6.45, 7) is 6.05. The highest BCUT2D eigenvalue weighted by atomic mass is 32.1. The van der Waals surface area contributed by atoms with Crippen LogP contribution in [0.15, 0.2) is 42.5 Å². The number of hydrogen-bond acceptors (Lipinski definition) is 4. The van der Waals surface area contributed by atoms with Gasteiger partial charge in [0.25, 0.3) is 5.91 Å². The lowest BCUT2D eigenvalue weighted by molar-refractivity contribution is -0.138. The van der Waals surface area contributed by atoms with Crippen molar-refractivity contribution in [2.24, 2.45) is 0 Å². The Kier molecular flexibility index (Phi) is 5.84. The molecule has 1 N–H and O–H groups in total. The largest absolute Gasteiger partial charge is 0.336 e. The molecule has 1 aliphatic rings. The Morgan fingerprint density at radius 2 is 1.86 bits per heavy atom. The van der Waals surface area contributed by atoms with Gasteiger partial charge in [-0.3, -0.25) is 14.5 Å². The van der Waals surface area contributed by atoms with E-state index in [4.69, 9.17) is 0 Å². The van der Waals surface area contributed by atoms with Gasteiger partial charge in [-0.15, -0.1) is 11.3 Å². The normalized spacial score (nSPS) is 15.6. The Morgan fingerprint density at radius 1 is 1.14 bits per heavy atom. The zero-order valence-electron chi connectivity index (χ0n) is 16.4. The molecule has 1 aliphatic heterocycles. The molecule has 0 aliphatic carbocycles. The molecule has 0 atom stereocenters. The van der Waals surface area contributed by atoms with Crippen LogP contribution in [0, 0.1) is 6.92 Å². The predicted octanol–water partition coefficient (Wildman–Crippen LogP) is 2.96. The zero-order chi connectivity index (χ0) is 20.3. The highest BCUT2D eigenvalue weighted by molar-refractivity contribution is 7.11. The van der Waals surface area contributed by atoms with Crippen LogP contribution < -0.4 is 5.32 Å². The van der Waals surface area contributed by atoms with E-state index in [1.165, 1.54) is 4.88 Å². The van der Waals surface area contributed by atoms with Gasteiger partial charge in [0.2, 0.25) is 5.91 Å². The van der Waals surface area contributed by atoms with Crippen molar-refractivity contribution in [2.75, 3.05) is 13.1 Å². The third-order valence-electron chi connectivity index (χ3n) is 4.75. The molecule has 0 bridgehead atoms. The highest BCUT2D eigenvalue weighted by Crippen LogP contribution is 2.20. The van der Waals surface area contributed by atoms with Gasteiger partial charge in [-0.2, -0.15) is 0 Å². The average molecular weight is 400 g/mol. The van der Waals surface area contributed by atoms with Crippen molar-refractivity contribution in [3.05, 3.63) is 57.8 Å². The minimum Gasteiger partial charge on any atom is -0.336 e. The maximum absolute atomic E-state index is 13.0. The Hall–Kier alpha value is -2.67. The monoisotopic (exact) mass is 399 g/mol. The van der Waals surface area contributed by atoms with E-state index in [2.05, 4.69) is 5.32 Å². The molecule has 28 heavy (non-hydrogen) atoms.